The van der Waals surface area contributed by atoms with Gasteiger partial charge in [0.2, 0.25) is 5.91 Å². The van der Waals surface area contributed by atoms with E-state index in [9.17, 15) is 28.1 Å². The third kappa shape index (κ3) is 5.19. The van der Waals surface area contributed by atoms with E-state index >= 15 is 0 Å². The first-order valence-electron chi connectivity index (χ1n) is 10.9. The van der Waals surface area contributed by atoms with Gasteiger partial charge in [-0.3, -0.25) is 14.9 Å². The van der Waals surface area contributed by atoms with Gasteiger partial charge in [0, 0.05) is 69.2 Å². The Morgan fingerprint density at radius 3 is 2.32 bits per heavy atom. The van der Waals surface area contributed by atoms with Crippen molar-refractivity contribution in [3.05, 3.63) is 57.2 Å². The van der Waals surface area contributed by atoms with E-state index in [1.807, 2.05) is 20.8 Å². The number of alkyl halides is 3. The first kappa shape index (κ1) is 24.1. The lowest BCUT2D eigenvalue weighted by atomic mass is 9.95. The summed E-state index contributed by atoms with van der Waals surface area (Å²) in [7, 11) is 0. The van der Waals surface area contributed by atoms with Crippen LogP contribution in [0, 0.1) is 16.0 Å². The minimum Gasteiger partial charge on any atom is -0.368 e. The van der Waals surface area contributed by atoms with Crippen molar-refractivity contribution in [1.82, 2.24) is 9.88 Å². The molecule has 0 atom stereocenters. The zero-order chi connectivity index (χ0) is 24.5. The van der Waals surface area contributed by atoms with Crippen LogP contribution in [0.25, 0.3) is 0 Å². The molecule has 0 radical (unpaired) electrons. The zero-order valence-electron chi connectivity index (χ0n) is 18.2. The van der Waals surface area contributed by atoms with Gasteiger partial charge in [-0.05, 0) is 25.0 Å². The molecule has 0 N–H and O–H groups in total. The number of piperazine rings is 1. The molecule has 0 bridgehead atoms. The number of amides is 1. The van der Waals surface area contributed by atoms with E-state index in [2.05, 4.69) is 4.98 Å². The molecular formula is C22H23ClF3N5O3. The summed E-state index contributed by atoms with van der Waals surface area (Å²) < 4.78 is 38.5. The molecule has 0 aliphatic carbocycles. The van der Waals surface area contributed by atoms with Crippen molar-refractivity contribution >= 4 is 34.7 Å². The second-order valence-electron chi connectivity index (χ2n) is 8.38. The first-order chi connectivity index (χ1) is 16.1. The molecule has 2 aliphatic rings. The summed E-state index contributed by atoms with van der Waals surface area (Å²) in [5.41, 5.74) is -0.100. The lowest BCUT2D eigenvalue weighted by molar-refractivity contribution is -0.384. The molecular weight excluding hydrogens is 475 g/mol. The van der Waals surface area contributed by atoms with Crippen LogP contribution in [0.15, 0.2) is 36.5 Å². The third-order valence-electron chi connectivity index (χ3n) is 6.29. The number of nitrogens with zero attached hydrogens (tertiary/aromatic N) is 5. The second-order valence-corrected chi connectivity index (χ2v) is 8.78. The minimum absolute atomic E-state index is 0.0328. The number of hydrogen-bond acceptors (Lipinski definition) is 6. The van der Waals surface area contributed by atoms with Gasteiger partial charge in [0.05, 0.1) is 15.5 Å². The van der Waals surface area contributed by atoms with Gasteiger partial charge in [0.1, 0.15) is 5.82 Å². The highest BCUT2D eigenvalue weighted by Gasteiger charge is 2.34. The van der Waals surface area contributed by atoms with E-state index in [0.29, 0.717) is 57.9 Å². The lowest BCUT2D eigenvalue weighted by Gasteiger charge is -2.39. The number of benzene rings is 1. The monoisotopic (exact) mass is 497 g/mol. The molecule has 34 heavy (non-hydrogen) atoms. The van der Waals surface area contributed by atoms with Crippen LogP contribution in [0.3, 0.4) is 0 Å². The first-order valence-corrected chi connectivity index (χ1v) is 11.3. The Hall–Kier alpha value is -3.08. The summed E-state index contributed by atoms with van der Waals surface area (Å²) in [6, 6.07) is 7.33. The Morgan fingerprint density at radius 1 is 1.06 bits per heavy atom. The SMILES string of the molecule is O=C(C1CCN(c2ncc(C(F)(F)F)cc2Cl)CC1)N1CCN(c2cccc([N+](=O)[O-])c2)CC1. The van der Waals surface area contributed by atoms with Crippen LogP contribution in [0.4, 0.5) is 30.4 Å². The summed E-state index contributed by atoms with van der Waals surface area (Å²) >= 11 is 6.06. The van der Waals surface area contributed by atoms with Crippen molar-refractivity contribution in [2.24, 2.45) is 5.92 Å². The summed E-state index contributed by atoms with van der Waals surface area (Å²) in [5, 5.41) is 11.0. The summed E-state index contributed by atoms with van der Waals surface area (Å²) in [6.07, 6.45) is -2.61. The molecule has 2 saturated heterocycles. The highest BCUT2D eigenvalue weighted by atomic mass is 35.5. The Labute approximate surface area is 199 Å². The van der Waals surface area contributed by atoms with Crippen molar-refractivity contribution in [2.45, 2.75) is 19.0 Å². The molecule has 0 unspecified atom stereocenters. The third-order valence-corrected chi connectivity index (χ3v) is 6.57. The Balaban J connectivity index is 1.31. The number of rotatable bonds is 4. The number of halogens is 4. The quantitative estimate of drug-likeness (QED) is 0.464. The van der Waals surface area contributed by atoms with E-state index in [-0.39, 0.29) is 22.5 Å². The van der Waals surface area contributed by atoms with E-state index in [1.54, 1.807) is 6.07 Å². The Kier molecular flexibility index (Phi) is 6.83. The number of pyridine rings is 1. The zero-order valence-corrected chi connectivity index (χ0v) is 18.9. The molecule has 0 saturated carbocycles. The minimum atomic E-state index is -4.51. The van der Waals surface area contributed by atoms with Crippen LogP contribution >= 0.6 is 11.6 Å². The number of nitro benzene ring substituents is 1. The van der Waals surface area contributed by atoms with Crippen molar-refractivity contribution in [2.75, 3.05) is 49.1 Å². The molecule has 1 aromatic carbocycles. The fraction of sp³-hybridized carbons (Fsp3) is 0.455. The van der Waals surface area contributed by atoms with Crippen molar-refractivity contribution < 1.29 is 22.9 Å². The number of piperidine rings is 1. The number of anilines is 2. The van der Waals surface area contributed by atoms with Crippen LogP contribution in [-0.4, -0.2) is 60.0 Å². The van der Waals surface area contributed by atoms with Crippen molar-refractivity contribution in [3.63, 3.8) is 0 Å². The number of carbonyl (C=O) groups is 1. The van der Waals surface area contributed by atoms with Crippen LogP contribution in [0.2, 0.25) is 5.02 Å². The summed E-state index contributed by atoms with van der Waals surface area (Å²) in [6.45, 7) is 3.15. The molecule has 12 heteroatoms. The molecule has 1 aromatic heterocycles. The maximum absolute atomic E-state index is 13.0. The molecule has 1 amide bonds. The Bertz CT molecular complexity index is 1070. The van der Waals surface area contributed by atoms with E-state index in [4.69, 9.17) is 11.6 Å². The van der Waals surface area contributed by atoms with Gasteiger partial charge in [0.25, 0.3) is 5.69 Å². The van der Waals surface area contributed by atoms with Crippen LogP contribution in [0.5, 0.6) is 0 Å². The van der Waals surface area contributed by atoms with Crippen LogP contribution < -0.4 is 9.80 Å². The summed E-state index contributed by atoms with van der Waals surface area (Å²) in [4.78, 5) is 33.2. The highest BCUT2D eigenvalue weighted by Crippen LogP contribution is 2.35. The maximum Gasteiger partial charge on any atom is 0.417 e. The topological polar surface area (TPSA) is 82.8 Å². The predicted octanol–water partition coefficient (Wildman–Crippen LogP) is 4.23. The highest BCUT2D eigenvalue weighted by molar-refractivity contribution is 6.33. The van der Waals surface area contributed by atoms with Gasteiger partial charge in [-0.25, -0.2) is 4.98 Å². The maximum atomic E-state index is 13.0. The molecule has 8 nitrogen and oxygen atoms in total. The van der Waals surface area contributed by atoms with Gasteiger partial charge in [-0.2, -0.15) is 13.2 Å². The van der Waals surface area contributed by atoms with E-state index in [0.717, 1.165) is 18.0 Å². The Morgan fingerprint density at radius 2 is 1.74 bits per heavy atom. The molecule has 4 rings (SSSR count). The standard InChI is InChI=1S/C22H23ClF3N5O3/c23-19-12-16(22(24,25)26)14-27-20(19)29-6-4-15(5-7-29)21(32)30-10-8-28(9-11-30)17-2-1-3-18(13-17)31(33)34/h1-3,12-15H,4-11H2. The van der Waals surface area contributed by atoms with Crippen molar-refractivity contribution in [1.29, 1.82) is 0 Å². The normalized spacial score (nSPS) is 17.7. The average molecular weight is 498 g/mol. The number of carbonyl (C=O) groups excluding carboxylic acids is 1. The van der Waals surface area contributed by atoms with Crippen LogP contribution in [0.1, 0.15) is 18.4 Å². The predicted molar refractivity (Wildman–Crippen MR) is 121 cm³/mol. The molecule has 2 aliphatic heterocycles. The van der Waals surface area contributed by atoms with Gasteiger partial charge < -0.3 is 14.7 Å². The number of hydrogen-bond donors (Lipinski definition) is 0. The van der Waals surface area contributed by atoms with Crippen molar-refractivity contribution in [3.8, 4) is 0 Å². The molecule has 2 fully saturated rings. The van der Waals surface area contributed by atoms with Gasteiger partial charge in [-0.15, -0.1) is 0 Å². The average Bonchev–Trinajstić information content (AvgIpc) is 2.83. The molecule has 0 spiro atoms. The number of non-ortho nitro benzene ring substituents is 1. The number of aromatic nitrogens is 1. The van der Waals surface area contributed by atoms with Crippen LogP contribution in [-0.2, 0) is 11.0 Å². The van der Waals surface area contributed by atoms with Gasteiger partial charge in [0.15, 0.2) is 0 Å². The summed E-state index contributed by atoms with van der Waals surface area (Å²) in [5.74, 6) is 0.185. The second kappa shape index (κ2) is 9.65. The van der Waals surface area contributed by atoms with E-state index in [1.165, 1.54) is 12.1 Å². The fourth-order valence-electron chi connectivity index (χ4n) is 4.40. The smallest absolute Gasteiger partial charge is 0.368 e. The molecule has 2 aromatic rings. The lowest BCUT2D eigenvalue weighted by Crippen LogP contribution is -2.51. The molecule has 3 heterocycles. The molecule has 182 valence electrons. The number of nitro groups is 1. The van der Waals surface area contributed by atoms with E-state index < -0.39 is 16.7 Å². The fourth-order valence-corrected chi connectivity index (χ4v) is 4.69. The largest absolute Gasteiger partial charge is 0.417 e. The van der Waals surface area contributed by atoms with Gasteiger partial charge in [-0.1, -0.05) is 17.7 Å². The van der Waals surface area contributed by atoms with Gasteiger partial charge >= 0.3 is 6.18 Å².